The first kappa shape index (κ1) is 10.4. The fourth-order valence-electron chi connectivity index (χ4n) is 1.53. The van der Waals surface area contributed by atoms with E-state index in [2.05, 4.69) is 71.4 Å². The number of rotatable bonds is 2. The lowest BCUT2D eigenvalue weighted by Crippen LogP contribution is -1.80. The fraction of sp³-hybridized carbons (Fsp3) is 0.143. The molecule has 0 atom stereocenters. The molecular formula is C14H13Br. The summed E-state index contributed by atoms with van der Waals surface area (Å²) in [5, 5.41) is 0.918. The Morgan fingerprint density at radius 3 is 1.73 bits per heavy atom. The molecule has 0 amide bonds. The lowest BCUT2D eigenvalue weighted by Gasteiger charge is -2.03. The van der Waals surface area contributed by atoms with Gasteiger partial charge in [-0.05, 0) is 23.6 Å². The second-order valence-electron chi connectivity index (χ2n) is 3.70. The molecule has 2 rings (SSSR count). The van der Waals surface area contributed by atoms with Gasteiger partial charge in [0.1, 0.15) is 0 Å². The highest BCUT2D eigenvalue weighted by atomic mass is 79.9. The van der Waals surface area contributed by atoms with E-state index in [9.17, 15) is 0 Å². The third-order valence-electron chi connectivity index (χ3n) is 2.49. The van der Waals surface area contributed by atoms with E-state index in [1.165, 1.54) is 22.3 Å². The molecule has 0 saturated heterocycles. The molecule has 0 unspecified atom stereocenters. The maximum atomic E-state index is 3.45. The predicted octanol–water partition coefficient (Wildman–Crippen LogP) is 4.56. The standard InChI is InChI=1S/C14H13Br/c1-11-2-6-13(7-3-11)14-8-4-12(10-15)5-9-14/h2-9H,10H2,1H3. The summed E-state index contributed by atoms with van der Waals surface area (Å²) in [6, 6.07) is 17.3. The predicted molar refractivity (Wildman–Crippen MR) is 69.2 cm³/mol. The van der Waals surface area contributed by atoms with Crippen LogP contribution in [0, 0.1) is 6.92 Å². The molecule has 0 saturated carbocycles. The molecule has 0 spiro atoms. The van der Waals surface area contributed by atoms with Crippen molar-refractivity contribution in [2.24, 2.45) is 0 Å². The van der Waals surface area contributed by atoms with Crippen LogP contribution in [0.25, 0.3) is 11.1 Å². The van der Waals surface area contributed by atoms with Crippen LogP contribution in [0.4, 0.5) is 0 Å². The van der Waals surface area contributed by atoms with E-state index in [0.717, 1.165) is 5.33 Å². The van der Waals surface area contributed by atoms with Gasteiger partial charge in [-0.25, -0.2) is 0 Å². The summed E-state index contributed by atoms with van der Waals surface area (Å²) in [6.45, 7) is 2.11. The largest absolute Gasteiger partial charge is 0.0876 e. The second-order valence-corrected chi connectivity index (χ2v) is 4.26. The summed E-state index contributed by atoms with van der Waals surface area (Å²) in [7, 11) is 0. The van der Waals surface area contributed by atoms with Crippen LogP contribution in [0.1, 0.15) is 11.1 Å². The van der Waals surface area contributed by atoms with Crippen molar-refractivity contribution in [1.82, 2.24) is 0 Å². The molecule has 0 bridgehead atoms. The summed E-state index contributed by atoms with van der Waals surface area (Å²) >= 11 is 3.45. The van der Waals surface area contributed by atoms with Crippen molar-refractivity contribution in [2.75, 3.05) is 0 Å². The van der Waals surface area contributed by atoms with Gasteiger partial charge >= 0.3 is 0 Å². The van der Waals surface area contributed by atoms with Crippen molar-refractivity contribution in [1.29, 1.82) is 0 Å². The van der Waals surface area contributed by atoms with Crippen LogP contribution < -0.4 is 0 Å². The highest BCUT2D eigenvalue weighted by Crippen LogP contribution is 2.20. The minimum atomic E-state index is 0.918. The molecule has 0 aliphatic heterocycles. The van der Waals surface area contributed by atoms with Gasteiger partial charge in [0.15, 0.2) is 0 Å². The van der Waals surface area contributed by atoms with E-state index >= 15 is 0 Å². The Kier molecular flexibility index (Phi) is 3.22. The van der Waals surface area contributed by atoms with Gasteiger partial charge in [-0.3, -0.25) is 0 Å². The molecule has 2 aromatic carbocycles. The van der Waals surface area contributed by atoms with E-state index in [1.54, 1.807) is 0 Å². The number of hydrogen-bond acceptors (Lipinski definition) is 0. The molecule has 15 heavy (non-hydrogen) atoms. The maximum absolute atomic E-state index is 3.45. The number of benzene rings is 2. The van der Waals surface area contributed by atoms with Gasteiger partial charge in [-0.2, -0.15) is 0 Å². The van der Waals surface area contributed by atoms with Gasteiger partial charge in [-0.15, -0.1) is 0 Å². The zero-order valence-corrected chi connectivity index (χ0v) is 10.3. The molecule has 76 valence electrons. The molecule has 0 aliphatic rings. The van der Waals surface area contributed by atoms with Gasteiger partial charge in [0.25, 0.3) is 0 Å². The first-order valence-corrected chi connectivity index (χ1v) is 6.14. The Balaban J connectivity index is 2.33. The summed E-state index contributed by atoms with van der Waals surface area (Å²) in [4.78, 5) is 0. The summed E-state index contributed by atoms with van der Waals surface area (Å²) in [5.74, 6) is 0. The van der Waals surface area contributed by atoms with Crippen molar-refractivity contribution < 1.29 is 0 Å². The first-order valence-electron chi connectivity index (χ1n) is 5.01. The van der Waals surface area contributed by atoms with Crippen LogP contribution in [0.15, 0.2) is 48.5 Å². The maximum Gasteiger partial charge on any atom is 0.0283 e. The van der Waals surface area contributed by atoms with Gasteiger partial charge in [-0.1, -0.05) is 70.0 Å². The van der Waals surface area contributed by atoms with E-state index in [-0.39, 0.29) is 0 Å². The van der Waals surface area contributed by atoms with Crippen LogP contribution >= 0.6 is 15.9 Å². The number of alkyl halides is 1. The molecule has 0 nitrogen and oxygen atoms in total. The normalized spacial score (nSPS) is 10.3. The number of aryl methyl sites for hydroxylation is 1. The van der Waals surface area contributed by atoms with Crippen molar-refractivity contribution in [3.05, 3.63) is 59.7 Å². The van der Waals surface area contributed by atoms with Gasteiger partial charge in [0, 0.05) is 5.33 Å². The molecular weight excluding hydrogens is 248 g/mol. The van der Waals surface area contributed by atoms with E-state index in [4.69, 9.17) is 0 Å². The van der Waals surface area contributed by atoms with Crippen LogP contribution in [-0.2, 0) is 5.33 Å². The van der Waals surface area contributed by atoms with Crippen LogP contribution in [0.3, 0.4) is 0 Å². The Bertz CT molecular complexity index is 426. The van der Waals surface area contributed by atoms with Crippen molar-refractivity contribution in [3.8, 4) is 11.1 Å². The number of halogens is 1. The third-order valence-corrected chi connectivity index (χ3v) is 3.14. The Morgan fingerprint density at radius 2 is 1.27 bits per heavy atom. The molecule has 0 heterocycles. The van der Waals surface area contributed by atoms with Crippen LogP contribution in [-0.4, -0.2) is 0 Å². The Morgan fingerprint density at radius 1 is 0.800 bits per heavy atom. The minimum Gasteiger partial charge on any atom is -0.0876 e. The zero-order chi connectivity index (χ0) is 10.7. The van der Waals surface area contributed by atoms with Gasteiger partial charge < -0.3 is 0 Å². The SMILES string of the molecule is Cc1ccc(-c2ccc(CBr)cc2)cc1. The first-order chi connectivity index (χ1) is 7.29. The fourth-order valence-corrected chi connectivity index (χ4v) is 1.91. The lowest BCUT2D eigenvalue weighted by atomic mass is 10.0. The second kappa shape index (κ2) is 4.63. The molecule has 0 aliphatic carbocycles. The molecule has 0 radical (unpaired) electrons. The highest BCUT2D eigenvalue weighted by Gasteiger charge is 1.96. The zero-order valence-electron chi connectivity index (χ0n) is 8.70. The van der Waals surface area contributed by atoms with E-state index in [0.29, 0.717) is 0 Å². The van der Waals surface area contributed by atoms with Gasteiger partial charge in [0.2, 0.25) is 0 Å². The number of hydrogen-bond donors (Lipinski definition) is 0. The molecule has 0 fully saturated rings. The van der Waals surface area contributed by atoms with Crippen LogP contribution in [0.2, 0.25) is 0 Å². The van der Waals surface area contributed by atoms with Gasteiger partial charge in [0.05, 0.1) is 0 Å². The van der Waals surface area contributed by atoms with E-state index < -0.39 is 0 Å². The Labute approximate surface area is 99.1 Å². The summed E-state index contributed by atoms with van der Waals surface area (Å²) in [6.07, 6.45) is 0. The quantitative estimate of drug-likeness (QED) is 0.695. The Hall–Kier alpha value is -1.08. The highest BCUT2D eigenvalue weighted by molar-refractivity contribution is 9.08. The molecule has 2 aromatic rings. The molecule has 1 heteroatoms. The topological polar surface area (TPSA) is 0 Å². The lowest BCUT2D eigenvalue weighted by molar-refractivity contribution is 1.43. The minimum absolute atomic E-state index is 0.918. The van der Waals surface area contributed by atoms with Crippen molar-refractivity contribution in [3.63, 3.8) is 0 Å². The van der Waals surface area contributed by atoms with Crippen molar-refractivity contribution in [2.45, 2.75) is 12.3 Å². The molecule has 0 aromatic heterocycles. The summed E-state index contributed by atoms with van der Waals surface area (Å²) in [5.41, 5.74) is 5.17. The van der Waals surface area contributed by atoms with E-state index in [1.807, 2.05) is 0 Å². The summed E-state index contributed by atoms with van der Waals surface area (Å²) < 4.78 is 0. The smallest absolute Gasteiger partial charge is 0.0283 e. The van der Waals surface area contributed by atoms with Crippen LogP contribution in [0.5, 0.6) is 0 Å². The monoisotopic (exact) mass is 260 g/mol. The molecule has 0 N–H and O–H groups in total. The average Bonchev–Trinajstić information content (AvgIpc) is 2.30. The third kappa shape index (κ3) is 2.48. The van der Waals surface area contributed by atoms with Crippen molar-refractivity contribution >= 4 is 15.9 Å². The average molecular weight is 261 g/mol.